The zero-order chi connectivity index (χ0) is 19.6. The second-order valence-electron chi connectivity index (χ2n) is 6.66. The Morgan fingerprint density at radius 3 is 2.81 bits per heavy atom. The first-order chi connectivity index (χ1) is 12.8. The van der Waals surface area contributed by atoms with Crippen LogP contribution in [-0.2, 0) is 12.0 Å². The second kappa shape index (κ2) is 7.33. The summed E-state index contributed by atoms with van der Waals surface area (Å²) >= 11 is 1.39. The fraction of sp³-hybridized carbons (Fsp3) is 0.250. The largest absolute Gasteiger partial charge is 0.378 e. The van der Waals surface area contributed by atoms with E-state index >= 15 is 0 Å². The minimum Gasteiger partial charge on any atom is -0.378 e. The third-order valence-corrected chi connectivity index (χ3v) is 5.15. The first-order valence-corrected chi connectivity index (χ1v) is 9.19. The number of amidine groups is 1. The number of nitrogens with two attached hydrogens (primary N) is 1. The van der Waals surface area contributed by atoms with E-state index in [2.05, 4.69) is 21.5 Å². The Morgan fingerprint density at radius 1 is 1.41 bits per heavy atom. The summed E-state index contributed by atoms with van der Waals surface area (Å²) in [5, 5.41) is 9.32. The number of ketones is 1. The van der Waals surface area contributed by atoms with Gasteiger partial charge in [0.2, 0.25) is 0 Å². The summed E-state index contributed by atoms with van der Waals surface area (Å²) in [7, 11) is 0. The van der Waals surface area contributed by atoms with Gasteiger partial charge in [-0.25, -0.2) is 0 Å². The van der Waals surface area contributed by atoms with Crippen LogP contribution >= 0.6 is 11.8 Å². The van der Waals surface area contributed by atoms with Crippen LogP contribution in [0.4, 0.5) is 0 Å². The number of pyridine rings is 2. The number of aliphatic imine (C=N–C) groups is 1. The molecule has 7 heteroatoms. The van der Waals surface area contributed by atoms with Crippen molar-refractivity contribution in [3.63, 3.8) is 0 Å². The SMILES string of the molecule is C=C1C[C@@](C)(c2cc(CC(=O)c3ccc(C#N)cn3)cnc2C)N=C(N)S1. The number of nitriles is 1. The van der Waals surface area contributed by atoms with Crippen molar-refractivity contribution >= 4 is 22.7 Å². The minimum absolute atomic E-state index is 0.132. The maximum atomic E-state index is 12.5. The van der Waals surface area contributed by atoms with Crippen LogP contribution < -0.4 is 5.73 Å². The third-order valence-electron chi connectivity index (χ3n) is 4.41. The topological polar surface area (TPSA) is 105 Å². The number of aromatic nitrogens is 2. The van der Waals surface area contributed by atoms with Gasteiger partial charge in [0.05, 0.1) is 11.1 Å². The van der Waals surface area contributed by atoms with E-state index in [9.17, 15) is 4.79 Å². The van der Waals surface area contributed by atoms with Crippen LogP contribution in [0.5, 0.6) is 0 Å². The molecule has 3 rings (SSSR count). The zero-order valence-corrected chi connectivity index (χ0v) is 16.0. The average Bonchev–Trinajstić information content (AvgIpc) is 2.62. The maximum absolute atomic E-state index is 12.5. The minimum atomic E-state index is -0.546. The first kappa shape index (κ1) is 18.8. The van der Waals surface area contributed by atoms with Crippen LogP contribution in [0.15, 0.2) is 47.1 Å². The monoisotopic (exact) mass is 377 g/mol. The molecule has 3 heterocycles. The predicted molar refractivity (Wildman–Crippen MR) is 106 cm³/mol. The molecule has 0 saturated carbocycles. The summed E-state index contributed by atoms with van der Waals surface area (Å²) in [5.41, 5.74) is 8.72. The highest BCUT2D eigenvalue weighted by molar-refractivity contribution is 8.17. The fourth-order valence-corrected chi connectivity index (χ4v) is 4.04. The van der Waals surface area contributed by atoms with Crippen molar-refractivity contribution < 1.29 is 4.79 Å². The van der Waals surface area contributed by atoms with E-state index in [1.54, 1.807) is 18.3 Å². The van der Waals surface area contributed by atoms with Gasteiger partial charge < -0.3 is 5.73 Å². The van der Waals surface area contributed by atoms with Gasteiger partial charge in [-0.15, -0.1) is 0 Å². The number of aryl methyl sites for hydroxylation is 1. The van der Waals surface area contributed by atoms with Gasteiger partial charge in [-0.05, 0) is 42.5 Å². The molecule has 1 aliphatic heterocycles. The van der Waals surface area contributed by atoms with E-state index in [1.165, 1.54) is 18.0 Å². The molecule has 1 aliphatic rings. The van der Waals surface area contributed by atoms with Crippen LogP contribution in [0, 0.1) is 18.3 Å². The van der Waals surface area contributed by atoms with Crippen LogP contribution in [0.3, 0.4) is 0 Å². The van der Waals surface area contributed by atoms with Gasteiger partial charge in [-0.2, -0.15) is 5.26 Å². The van der Waals surface area contributed by atoms with Crippen LogP contribution in [0.2, 0.25) is 0 Å². The molecule has 0 radical (unpaired) electrons. The first-order valence-electron chi connectivity index (χ1n) is 8.37. The van der Waals surface area contributed by atoms with Gasteiger partial charge in [-0.3, -0.25) is 19.8 Å². The van der Waals surface area contributed by atoms with Crippen LogP contribution in [0.25, 0.3) is 0 Å². The molecule has 2 N–H and O–H groups in total. The van der Waals surface area contributed by atoms with E-state index in [1.807, 2.05) is 26.0 Å². The Morgan fingerprint density at radius 2 is 2.19 bits per heavy atom. The lowest BCUT2D eigenvalue weighted by Crippen LogP contribution is -2.29. The lowest BCUT2D eigenvalue weighted by atomic mass is 9.86. The molecule has 2 aromatic rings. The Kier molecular flexibility index (Phi) is 5.10. The molecule has 2 aromatic heterocycles. The van der Waals surface area contributed by atoms with E-state index < -0.39 is 5.54 Å². The lowest BCUT2D eigenvalue weighted by Gasteiger charge is -2.32. The van der Waals surface area contributed by atoms with Gasteiger partial charge in [0.25, 0.3) is 0 Å². The molecule has 0 aromatic carbocycles. The molecule has 136 valence electrons. The summed E-state index contributed by atoms with van der Waals surface area (Å²) in [6.07, 6.45) is 3.93. The highest BCUT2D eigenvalue weighted by Crippen LogP contribution is 2.41. The van der Waals surface area contributed by atoms with Crippen molar-refractivity contribution in [2.75, 3.05) is 0 Å². The summed E-state index contributed by atoms with van der Waals surface area (Å²) in [6, 6.07) is 7.10. The zero-order valence-electron chi connectivity index (χ0n) is 15.2. The quantitative estimate of drug-likeness (QED) is 0.820. The normalized spacial score (nSPS) is 19.3. The van der Waals surface area contributed by atoms with Crippen molar-refractivity contribution in [1.82, 2.24) is 9.97 Å². The van der Waals surface area contributed by atoms with Gasteiger partial charge in [0.1, 0.15) is 11.8 Å². The van der Waals surface area contributed by atoms with E-state index in [0.717, 1.165) is 21.7 Å². The van der Waals surface area contributed by atoms with E-state index in [4.69, 9.17) is 11.0 Å². The highest BCUT2D eigenvalue weighted by Gasteiger charge is 2.33. The Bertz CT molecular complexity index is 990. The maximum Gasteiger partial charge on any atom is 0.185 e. The molecule has 0 aliphatic carbocycles. The van der Waals surface area contributed by atoms with Crippen molar-refractivity contribution in [2.45, 2.75) is 32.2 Å². The Labute approximate surface area is 162 Å². The number of hydrogen-bond acceptors (Lipinski definition) is 7. The molecule has 0 spiro atoms. The summed E-state index contributed by atoms with van der Waals surface area (Å²) < 4.78 is 0. The highest BCUT2D eigenvalue weighted by atomic mass is 32.2. The number of nitrogens with zero attached hydrogens (tertiary/aromatic N) is 4. The lowest BCUT2D eigenvalue weighted by molar-refractivity contribution is 0.0988. The molecule has 0 saturated heterocycles. The number of rotatable bonds is 4. The molecule has 0 bridgehead atoms. The predicted octanol–water partition coefficient (Wildman–Crippen LogP) is 3.26. The fourth-order valence-electron chi connectivity index (χ4n) is 3.15. The summed E-state index contributed by atoms with van der Waals surface area (Å²) in [4.78, 5) is 26.6. The smallest absolute Gasteiger partial charge is 0.185 e. The van der Waals surface area contributed by atoms with Crippen LogP contribution in [0.1, 0.15) is 46.2 Å². The molecular weight excluding hydrogens is 358 g/mol. The Balaban J connectivity index is 1.89. The third kappa shape index (κ3) is 4.07. The number of Topliss-reactive ketones (excluding diaryl/α,β-unsaturated/α-hetero) is 1. The molecule has 0 unspecified atom stereocenters. The molecular formula is C20H19N5OS. The van der Waals surface area contributed by atoms with Crippen molar-refractivity contribution in [1.29, 1.82) is 5.26 Å². The van der Waals surface area contributed by atoms with Crippen LogP contribution in [-0.4, -0.2) is 20.9 Å². The van der Waals surface area contributed by atoms with Gasteiger partial charge in [0, 0.05) is 36.5 Å². The molecule has 0 amide bonds. The number of hydrogen-bond donors (Lipinski definition) is 1. The second-order valence-corrected chi connectivity index (χ2v) is 7.86. The van der Waals surface area contributed by atoms with Crippen molar-refractivity contribution in [3.05, 3.63) is 70.2 Å². The summed E-state index contributed by atoms with van der Waals surface area (Å²) in [6.45, 7) is 7.96. The molecule has 0 fully saturated rings. The van der Waals surface area contributed by atoms with E-state index in [0.29, 0.717) is 22.8 Å². The van der Waals surface area contributed by atoms with Crippen molar-refractivity contribution in [3.8, 4) is 6.07 Å². The standard InChI is InChI=1S/C20H19N5OS/c1-12-8-20(3,25-19(22)27-12)16-6-15(11-23-13(16)2)7-18(26)17-5-4-14(9-21)10-24-17/h4-6,10-11H,1,7-8H2,2-3H3,(H2,22,25)/t20-/m0/s1. The van der Waals surface area contributed by atoms with Gasteiger partial charge in [-0.1, -0.05) is 18.3 Å². The average molecular weight is 377 g/mol. The van der Waals surface area contributed by atoms with E-state index in [-0.39, 0.29) is 12.2 Å². The Hall–Kier alpha value is -2.98. The van der Waals surface area contributed by atoms with Gasteiger partial charge in [0.15, 0.2) is 11.0 Å². The summed E-state index contributed by atoms with van der Waals surface area (Å²) in [5.74, 6) is -0.132. The molecule has 27 heavy (non-hydrogen) atoms. The van der Waals surface area contributed by atoms with Crippen molar-refractivity contribution in [2.24, 2.45) is 10.7 Å². The number of thioether (sulfide) groups is 1. The van der Waals surface area contributed by atoms with Gasteiger partial charge >= 0.3 is 0 Å². The number of carbonyl (C=O) groups excluding carboxylic acids is 1. The molecule has 6 nitrogen and oxygen atoms in total. The number of carbonyl (C=O) groups is 1. The molecule has 1 atom stereocenters.